The number of carbonyl (C=O) groups is 2. The molecule has 142 valence electrons. The van der Waals surface area contributed by atoms with Gasteiger partial charge in [0, 0.05) is 34.6 Å². The number of carbonyl (C=O) groups excluding carboxylic acids is 2. The summed E-state index contributed by atoms with van der Waals surface area (Å²) in [7, 11) is 3.10. The Kier molecular flexibility index (Phi) is 7.81. The van der Waals surface area contributed by atoms with Crippen molar-refractivity contribution in [2.24, 2.45) is 5.10 Å². The van der Waals surface area contributed by atoms with Crippen molar-refractivity contribution in [2.45, 2.75) is 12.8 Å². The second-order valence-electron chi connectivity index (χ2n) is 5.46. The molecule has 0 aliphatic rings. The maximum Gasteiger partial charge on any atom is 0.240 e. The molecule has 0 bridgehead atoms. The number of anilines is 1. The van der Waals surface area contributed by atoms with Gasteiger partial charge in [0.15, 0.2) is 0 Å². The Hall–Kier alpha value is -2.87. The maximum atomic E-state index is 11.9. The molecule has 0 unspecified atom stereocenters. The average molecular weight is 434 g/mol. The van der Waals surface area contributed by atoms with Crippen molar-refractivity contribution in [2.75, 3.05) is 19.5 Å². The van der Waals surface area contributed by atoms with Crippen LogP contribution in [0.4, 0.5) is 5.69 Å². The topological polar surface area (TPSA) is 89.0 Å². The fourth-order valence-electron chi connectivity index (χ4n) is 2.14. The fourth-order valence-corrected chi connectivity index (χ4v) is 2.40. The maximum absolute atomic E-state index is 11.9. The largest absolute Gasteiger partial charge is 0.497 e. The molecule has 2 rings (SSSR count). The van der Waals surface area contributed by atoms with Crippen molar-refractivity contribution >= 4 is 39.6 Å². The monoisotopic (exact) mass is 433 g/mol. The molecule has 0 saturated carbocycles. The van der Waals surface area contributed by atoms with E-state index in [1.165, 1.54) is 13.3 Å². The predicted octanol–water partition coefficient (Wildman–Crippen LogP) is 3.34. The molecule has 0 fully saturated rings. The van der Waals surface area contributed by atoms with Crippen LogP contribution in [-0.4, -0.2) is 32.2 Å². The lowest BCUT2D eigenvalue weighted by Crippen LogP contribution is -2.20. The summed E-state index contributed by atoms with van der Waals surface area (Å²) >= 11 is 3.33. The molecule has 0 radical (unpaired) electrons. The number of methoxy groups -OCH3 is 2. The summed E-state index contributed by atoms with van der Waals surface area (Å²) < 4.78 is 11.3. The first-order valence-electron chi connectivity index (χ1n) is 8.11. The van der Waals surface area contributed by atoms with E-state index in [1.807, 2.05) is 12.1 Å². The van der Waals surface area contributed by atoms with E-state index in [2.05, 4.69) is 31.8 Å². The van der Waals surface area contributed by atoms with Gasteiger partial charge in [0.2, 0.25) is 11.8 Å². The molecule has 0 atom stereocenters. The van der Waals surface area contributed by atoms with Gasteiger partial charge in [0.1, 0.15) is 11.5 Å². The Morgan fingerprint density at radius 1 is 1.04 bits per heavy atom. The van der Waals surface area contributed by atoms with E-state index in [1.54, 1.807) is 37.4 Å². The molecule has 0 spiro atoms. The molecule has 0 aromatic heterocycles. The number of amides is 2. The first-order chi connectivity index (χ1) is 13.0. The third-order valence-electron chi connectivity index (χ3n) is 3.54. The summed E-state index contributed by atoms with van der Waals surface area (Å²) in [6, 6.07) is 12.4. The van der Waals surface area contributed by atoms with Gasteiger partial charge in [0.25, 0.3) is 0 Å². The molecule has 7 nitrogen and oxygen atoms in total. The highest BCUT2D eigenvalue weighted by atomic mass is 79.9. The van der Waals surface area contributed by atoms with Crippen molar-refractivity contribution < 1.29 is 19.1 Å². The van der Waals surface area contributed by atoms with E-state index >= 15 is 0 Å². The molecule has 0 saturated heterocycles. The Morgan fingerprint density at radius 2 is 1.74 bits per heavy atom. The van der Waals surface area contributed by atoms with Crippen LogP contribution in [0.2, 0.25) is 0 Å². The van der Waals surface area contributed by atoms with Gasteiger partial charge >= 0.3 is 0 Å². The highest BCUT2D eigenvalue weighted by Crippen LogP contribution is 2.23. The summed E-state index contributed by atoms with van der Waals surface area (Å²) in [4.78, 5) is 23.7. The van der Waals surface area contributed by atoms with E-state index in [9.17, 15) is 9.59 Å². The molecule has 0 heterocycles. The zero-order chi connectivity index (χ0) is 19.6. The molecule has 2 amide bonds. The zero-order valence-electron chi connectivity index (χ0n) is 15.0. The quantitative estimate of drug-likeness (QED) is 0.493. The SMILES string of the molecule is COc1ccc(/C=N/NC(=O)CCC(=O)Nc2ccc(Br)cc2)c(OC)c1. The number of hydrogen-bond acceptors (Lipinski definition) is 5. The molecule has 8 heteroatoms. The van der Waals surface area contributed by atoms with Crippen LogP contribution in [0.1, 0.15) is 18.4 Å². The summed E-state index contributed by atoms with van der Waals surface area (Å²) in [6.45, 7) is 0. The van der Waals surface area contributed by atoms with Gasteiger partial charge in [-0.25, -0.2) is 5.43 Å². The van der Waals surface area contributed by atoms with Crippen LogP contribution < -0.4 is 20.2 Å². The lowest BCUT2D eigenvalue weighted by atomic mass is 10.2. The molecule has 27 heavy (non-hydrogen) atoms. The molecular weight excluding hydrogens is 414 g/mol. The van der Waals surface area contributed by atoms with Crippen molar-refractivity contribution in [1.82, 2.24) is 5.43 Å². The molecule has 0 aliphatic heterocycles. The summed E-state index contributed by atoms with van der Waals surface area (Å²) in [5.74, 6) is 0.629. The van der Waals surface area contributed by atoms with Gasteiger partial charge < -0.3 is 14.8 Å². The minimum atomic E-state index is -0.357. The number of rotatable bonds is 8. The van der Waals surface area contributed by atoms with Crippen LogP contribution >= 0.6 is 15.9 Å². The standard InChI is InChI=1S/C19H20BrN3O4/c1-26-16-8-3-13(17(11-16)27-2)12-21-23-19(25)10-9-18(24)22-15-6-4-14(20)5-7-15/h3-8,11-12H,9-10H2,1-2H3,(H,22,24)(H,23,25)/b21-12+. The van der Waals surface area contributed by atoms with Gasteiger partial charge in [-0.05, 0) is 36.4 Å². The predicted molar refractivity (Wildman–Crippen MR) is 107 cm³/mol. The fraction of sp³-hybridized carbons (Fsp3) is 0.211. The summed E-state index contributed by atoms with van der Waals surface area (Å²) in [5, 5.41) is 6.62. The lowest BCUT2D eigenvalue weighted by molar-refractivity contribution is -0.124. The summed E-state index contributed by atoms with van der Waals surface area (Å²) in [6.07, 6.45) is 1.56. The zero-order valence-corrected chi connectivity index (χ0v) is 16.6. The second-order valence-corrected chi connectivity index (χ2v) is 6.37. The highest BCUT2D eigenvalue weighted by molar-refractivity contribution is 9.10. The number of hydrazone groups is 1. The Bertz CT molecular complexity index is 822. The highest BCUT2D eigenvalue weighted by Gasteiger charge is 2.07. The molecule has 0 aliphatic carbocycles. The van der Waals surface area contributed by atoms with E-state index in [-0.39, 0.29) is 24.7 Å². The van der Waals surface area contributed by atoms with E-state index in [0.717, 1.165) is 4.47 Å². The number of nitrogens with one attached hydrogen (secondary N) is 2. The minimum Gasteiger partial charge on any atom is -0.497 e. The molecular formula is C19H20BrN3O4. The van der Waals surface area contributed by atoms with Gasteiger partial charge in [-0.2, -0.15) is 5.10 Å². The third-order valence-corrected chi connectivity index (χ3v) is 4.07. The first-order valence-corrected chi connectivity index (χ1v) is 8.90. The Labute approximate surface area is 165 Å². The van der Waals surface area contributed by atoms with Gasteiger partial charge in [0.05, 0.1) is 20.4 Å². The van der Waals surface area contributed by atoms with Crippen molar-refractivity contribution in [3.63, 3.8) is 0 Å². The normalized spacial score (nSPS) is 10.5. The number of hydrogen-bond donors (Lipinski definition) is 2. The lowest BCUT2D eigenvalue weighted by Gasteiger charge is -2.07. The average Bonchev–Trinajstić information content (AvgIpc) is 2.68. The van der Waals surface area contributed by atoms with E-state index in [4.69, 9.17) is 9.47 Å². The smallest absolute Gasteiger partial charge is 0.240 e. The Balaban J connectivity index is 1.79. The van der Waals surface area contributed by atoms with Crippen molar-refractivity contribution in [3.8, 4) is 11.5 Å². The van der Waals surface area contributed by atoms with Crippen LogP contribution in [0.5, 0.6) is 11.5 Å². The van der Waals surface area contributed by atoms with Gasteiger partial charge in [-0.3, -0.25) is 9.59 Å². The molecule has 2 N–H and O–H groups in total. The third kappa shape index (κ3) is 6.74. The van der Waals surface area contributed by atoms with E-state index in [0.29, 0.717) is 22.7 Å². The van der Waals surface area contributed by atoms with Crippen LogP contribution in [0.3, 0.4) is 0 Å². The Morgan fingerprint density at radius 3 is 2.41 bits per heavy atom. The van der Waals surface area contributed by atoms with Crippen LogP contribution in [0.15, 0.2) is 52.0 Å². The van der Waals surface area contributed by atoms with Crippen LogP contribution in [0.25, 0.3) is 0 Å². The minimum absolute atomic E-state index is 0.0272. The molecule has 2 aromatic carbocycles. The van der Waals surface area contributed by atoms with E-state index < -0.39 is 0 Å². The molecule has 2 aromatic rings. The van der Waals surface area contributed by atoms with Gasteiger partial charge in [-0.1, -0.05) is 15.9 Å². The van der Waals surface area contributed by atoms with Crippen molar-refractivity contribution in [3.05, 3.63) is 52.5 Å². The van der Waals surface area contributed by atoms with Crippen molar-refractivity contribution in [1.29, 1.82) is 0 Å². The number of ether oxygens (including phenoxy) is 2. The van der Waals surface area contributed by atoms with Crippen LogP contribution in [0, 0.1) is 0 Å². The number of halogens is 1. The van der Waals surface area contributed by atoms with Gasteiger partial charge in [-0.15, -0.1) is 0 Å². The first kappa shape index (κ1) is 20.4. The van der Waals surface area contributed by atoms with Crippen LogP contribution in [-0.2, 0) is 9.59 Å². The second kappa shape index (κ2) is 10.3. The number of benzene rings is 2. The summed E-state index contributed by atoms with van der Waals surface area (Å²) in [5.41, 5.74) is 3.76. The number of nitrogens with zero attached hydrogens (tertiary/aromatic N) is 1.